The molecule has 1 heterocycles. The molecule has 1 amide bonds. The first kappa shape index (κ1) is 23.3. The SMILES string of the molecule is COCC1(C(=O)Nc2ccc(OC)c(OCC(F)(F)F)c2)CCNCC1.Cl. The molecule has 6 nitrogen and oxygen atoms in total. The number of halogens is 4. The van der Waals surface area contributed by atoms with Crippen LogP contribution in [0.25, 0.3) is 0 Å². The molecule has 1 aliphatic heterocycles. The molecule has 0 unspecified atom stereocenters. The summed E-state index contributed by atoms with van der Waals surface area (Å²) in [6.45, 7) is 0.215. The van der Waals surface area contributed by atoms with Crippen molar-refractivity contribution in [3.05, 3.63) is 18.2 Å². The van der Waals surface area contributed by atoms with Crippen LogP contribution in [-0.2, 0) is 9.53 Å². The molecule has 2 N–H and O–H groups in total. The van der Waals surface area contributed by atoms with Gasteiger partial charge in [-0.3, -0.25) is 4.79 Å². The van der Waals surface area contributed by atoms with Gasteiger partial charge in [0.2, 0.25) is 5.91 Å². The summed E-state index contributed by atoms with van der Waals surface area (Å²) in [5.41, 5.74) is -0.339. The second-order valence-electron chi connectivity index (χ2n) is 6.19. The van der Waals surface area contributed by atoms with Crippen molar-refractivity contribution < 1.29 is 32.2 Å². The summed E-state index contributed by atoms with van der Waals surface area (Å²) in [7, 11) is 2.87. The Labute approximate surface area is 162 Å². The quantitative estimate of drug-likeness (QED) is 0.720. The van der Waals surface area contributed by atoms with Crippen LogP contribution in [0.1, 0.15) is 12.8 Å². The third kappa shape index (κ3) is 6.44. The number of amides is 1. The zero-order chi connectivity index (χ0) is 19.2. The van der Waals surface area contributed by atoms with Crippen LogP contribution in [0.15, 0.2) is 18.2 Å². The van der Waals surface area contributed by atoms with Gasteiger partial charge >= 0.3 is 6.18 Å². The molecule has 0 radical (unpaired) electrons. The fourth-order valence-electron chi connectivity index (χ4n) is 2.91. The molecule has 27 heavy (non-hydrogen) atoms. The number of piperidine rings is 1. The van der Waals surface area contributed by atoms with Gasteiger partial charge in [-0.1, -0.05) is 0 Å². The van der Waals surface area contributed by atoms with Gasteiger partial charge in [0.15, 0.2) is 18.1 Å². The number of alkyl halides is 3. The lowest BCUT2D eigenvalue weighted by Crippen LogP contribution is -2.47. The van der Waals surface area contributed by atoms with Crippen LogP contribution in [0.5, 0.6) is 11.5 Å². The van der Waals surface area contributed by atoms with E-state index in [0.717, 1.165) is 0 Å². The number of carbonyl (C=O) groups is 1. The molecule has 0 bridgehead atoms. The summed E-state index contributed by atoms with van der Waals surface area (Å²) in [4.78, 5) is 12.8. The first-order chi connectivity index (χ1) is 12.3. The summed E-state index contributed by atoms with van der Waals surface area (Å²) >= 11 is 0. The van der Waals surface area contributed by atoms with Crippen LogP contribution in [-0.4, -0.2) is 52.6 Å². The second kappa shape index (κ2) is 10.0. The van der Waals surface area contributed by atoms with E-state index < -0.39 is 18.2 Å². The standard InChI is InChI=1S/C17H23F3N2O4.ClH/c1-24-10-16(5-7-21-8-6-16)15(23)22-12-3-4-13(25-2)14(9-12)26-11-17(18,19)20;/h3-4,9,21H,5-8,10-11H2,1-2H3,(H,22,23);1H. The largest absolute Gasteiger partial charge is 0.493 e. The summed E-state index contributed by atoms with van der Waals surface area (Å²) in [6.07, 6.45) is -3.25. The molecule has 0 aromatic heterocycles. The van der Waals surface area contributed by atoms with Crippen molar-refractivity contribution in [1.82, 2.24) is 5.32 Å². The molecule has 0 spiro atoms. The van der Waals surface area contributed by atoms with Crippen molar-refractivity contribution in [3.63, 3.8) is 0 Å². The van der Waals surface area contributed by atoms with Gasteiger partial charge in [-0.25, -0.2) is 0 Å². The van der Waals surface area contributed by atoms with E-state index in [1.54, 1.807) is 6.07 Å². The van der Waals surface area contributed by atoms with Crippen LogP contribution in [0.4, 0.5) is 18.9 Å². The highest BCUT2D eigenvalue weighted by Gasteiger charge is 2.39. The Balaban J connectivity index is 0.00000364. The lowest BCUT2D eigenvalue weighted by atomic mass is 9.78. The van der Waals surface area contributed by atoms with E-state index in [4.69, 9.17) is 14.2 Å². The van der Waals surface area contributed by atoms with Crippen molar-refractivity contribution in [3.8, 4) is 11.5 Å². The molecular weight excluding hydrogens is 389 g/mol. The number of methoxy groups -OCH3 is 2. The van der Waals surface area contributed by atoms with Crippen molar-refractivity contribution in [2.24, 2.45) is 5.41 Å². The zero-order valence-corrected chi connectivity index (χ0v) is 16.0. The van der Waals surface area contributed by atoms with Gasteiger partial charge in [-0.05, 0) is 38.1 Å². The summed E-state index contributed by atoms with van der Waals surface area (Å²) in [5.74, 6) is -0.165. The maximum absolute atomic E-state index is 12.8. The van der Waals surface area contributed by atoms with E-state index in [9.17, 15) is 18.0 Å². The Morgan fingerprint density at radius 2 is 1.89 bits per heavy atom. The summed E-state index contributed by atoms with van der Waals surface area (Å²) in [5, 5.41) is 5.96. The number of benzene rings is 1. The minimum atomic E-state index is -4.47. The number of hydrogen-bond acceptors (Lipinski definition) is 5. The highest BCUT2D eigenvalue weighted by Crippen LogP contribution is 2.34. The fourth-order valence-corrected chi connectivity index (χ4v) is 2.91. The average molecular weight is 413 g/mol. The normalized spacial score (nSPS) is 16.2. The topological polar surface area (TPSA) is 68.8 Å². The number of anilines is 1. The van der Waals surface area contributed by atoms with Crippen LogP contribution < -0.4 is 20.1 Å². The minimum Gasteiger partial charge on any atom is -0.493 e. The van der Waals surface area contributed by atoms with Crippen LogP contribution in [0, 0.1) is 5.41 Å². The third-order valence-corrected chi connectivity index (χ3v) is 4.28. The van der Waals surface area contributed by atoms with Gasteiger partial charge in [0, 0.05) is 18.9 Å². The van der Waals surface area contributed by atoms with Crippen molar-refractivity contribution >= 4 is 24.0 Å². The summed E-state index contributed by atoms with van der Waals surface area (Å²) < 4.78 is 52.3. The Morgan fingerprint density at radius 3 is 2.44 bits per heavy atom. The van der Waals surface area contributed by atoms with E-state index in [0.29, 0.717) is 31.6 Å². The molecule has 0 aliphatic carbocycles. The maximum Gasteiger partial charge on any atom is 0.422 e. The number of carbonyl (C=O) groups excluding carboxylic acids is 1. The smallest absolute Gasteiger partial charge is 0.422 e. The average Bonchev–Trinajstić information content (AvgIpc) is 2.60. The van der Waals surface area contributed by atoms with Crippen LogP contribution >= 0.6 is 12.4 Å². The molecule has 1 aromatic rings. The minimum absolute atomic E-state index is 0. The molecule has 1 saturated heterocycles. The van der Waals surface area contributed by atoms with E-state index in [1.807, 2.05) is 0 Å². The van der Waals surface area contributed by atoms with Crippen molar-refractivity contribution in [2.75, 3.05) is 45.8 Å². The summed E-state index contributed by atoms with van der Waals surface area (Å²) in [6, 6.07) is 4.33. The predicted molar refractivity (Wildman–Crippen MR) is 96.8 cm³/mol. The van der Waals surface area contributed by atoms with E-state index in [1.165, 1.54) is 26.4 Å². The van der Waals surface area contributed by atoms with Crippen molar-refractivity contribution in [2.45, 2.75) is 19.0 Å². The second-order valence-corrected chi connectivity index (χ2v) is 6.19. The highest BCUT2D eigenvalue weighted by molar-refractivity contribution is 5.95. The van der Waals surface area contributed by atoms with Gasteiger partial charge in [0.1, 0.15) is 0 Å². The Kier molecular flexibility index (Phi) is 8.64. The molecule has 0 atom stereocenters. The van der Waals surface area contributed by atoms with Gasteiger partial charge < -0.3 is 24.8 Å². The first-order valence-electron chi connectivity index (χ1n) is 8.18. The number of rotatable bonds is 7. The Morgan fingerprint density at radius 1 is 1.22 bits per heavy atom. The highest BCUT2D eigenvalue weighted by atomic mass is 35.5. The first-order valence-corrected chi connectivity index (χ1v) is 8.18. The van der Waals surface area contributed by atoms with Gasteiger partial charge in [-0.15, -0.1) is 12.4 Å². The number of nitrogens with one attached hydrogen (secondary N) is 2. The molecule has 2 rings (SSSR count). The van der Waals surface area contributed by atoms with E-state index >= 15 is 0 Å². The molecule has 0 saturated carbocycles. The molecule has 1 aromatic carbocycles. The van der Waals surface area contributed by atoms with E-state index in [-0.39, 0.29) is 36.4 Å². The predicted octanol–water partition coefficient (Wildman–Crippen LogP) is 3.01. The molecule has 10 heteroatoms. The molecule has 1 fully saturated rings. The molecule has 154 valence electrons. The van der Waals surface area contributed by atoms with Crippen LogP contribution in [0.2, 0.25) is 0 Å². The number of ether oxygens (including phenoxy) is 3. The zero-order valence-electron chi connectivity index (χ0n) is 15.1. The molecule has 1 aliphatic rings. The van der Waals surface area contributed by atoms with Crippen molar-refractivity contribution in [1.29, 1.82) is 0 Å². The van der Waals surface area contributed by atoms with Crippen LogP contribution in [0.3, 0.4) is 0 Å². The van der Waals surface area contributed by atoms with Gasteiger partial charge in [0.25, 0.3) is 0 Å². The third-order valence-electron chi connectivity index (χ3n) is 4.28. The fraction of sp³-hybridized carbons (Fsp3) is 0.588. The molecular formula is C17H24ClF3N2O4. The monoisotopic (exact) mass is 412 g/mol. The maximum atomic E-state index is 12.8. The van der Waals surface area contributed by atoms with E-state index in [2.05, 4.69) is 10.6 Å². The Bertz CT molecular complexity index is 617. The lowest BCUT2D eigenvalue weighted by molar-refractivity contribution is -0.153. The lowest BCUT2D eigenvalue weighted by Gasteiger charge is -2.35. The van der Waals surface area contributed by atoms with Gasteiger partial charge in [0.05, 0.1) is 19.1 Å². The number of hydrogen-bond donors (Lipinski definition) is 2. The Hall–Kier alpha value is -1.71. The van der Waals surface area contributed by atoms with Gasteiger partial charge in [-0.2, -0.15) is 13.2 Å².